The Morgan fingerprint density at radius 2 is 2.22 bits per heavy atom. The molecule has 0 saturated carbocycles. The van der Waals surface area contributed by atoms with E-state index in [0.717, 1.165) is 62.0 Å². The third kappa shape index (κ3) is 2.70. The molecule has 0 aliphatic carbocycles. The van der Waals surface area contributed by atoms with Crippen LogP contribution in [0, 0.1) is 0 Å². The Hall–Kier alpha value is -1.66. The van der Waals surface area contributed by atoms with E-state index in [2.05, 4.69) is 26.8 Å². The van der Waals surface area contributed by atoms with Crippen LogP contribution in [0.15, 0.2) is 18.6 Å². The number of fused-ring (bicyclic) bond motifs is 1. The van der Waals surface area contributed by atoms with Crippen LogP contribution in [-0.2, 0) is 4.74 Å². The Labute approximate surface area is 135 Å². The molecule has 2 atom stereocenters. The number of anilines is 1. The van der Waals surface area contributed by atoms with Crippen LogP contribution in [0.1, 0.15) is 39.0 Å². The molecule has 0 amide bonds. The van der Waals surface area contributed by atoms with Crippen molar-refractivity contribution in [1.82, 2.24) is 15.0 Å². The summed E-state index contributed by atoms with van der Waals surface area (Å²) in [6, 6.07) is 2.03. The summed E-state index contributed by atoms with van der Waals surface area (Å²) in [5.41, 5.74) is 0.727. The van der Waals surface area contributed by atoms with Gasteiger partial charge in [-0.25, -0.2) is 9.97 Å². The maximum absolute atomic E-state index is 10.2. The number of H-pyrrole nitrogens is 1. The van der Waals surface area contributed by atoms with Crippen LogP contribution in [0.25, 0.3) is 11.0 Å². The average Bonchev–Trinajstić information content (AvgIpc) is 3.03. The van der Waals surface area contributed by atoms with E-state index in [0.29, 0.717) is 0 Å². The lowest BCUT2D eigenvalue weighted by atomic mass is 9.81. The van der Waals surface area contributed by atoms with Crippen LogP contribution >= 0.6 is 0 Å². The van der Waals surface area contributed by atoms with Crippen LogP contribution in [-0.4, -0.2) is 51.0 Å². The third-order valence-corrected chi connectivity index (χ3v) is 5.32. The van der Waals surface area contributed by atoms with Gasteiger partial charge in [0.25, 0.3) is 0 Å². The first-order valence-electron chi connectivity index (χ1n) is 8.58. The van der Waals surface area contributed by atoms with Gasteiger partial charge in [-0.15, -0.1) is 0 Å². The second-order valence-corrected chi connectivity index (χ2v) is 6.85. The van der Waals surface area contributed by atoms with Gasteiger partial charge in [0.1, 0.15) is 17.8 Å². The summed E-state index contributed by atoms with van der Waals surface area (Å²) in [7, 11) is 0. The molecular weight excluding hydrogens is 292 g/mol. The van der Waals surface area contributed by atoms with Gasteiger partial charge in [-0.05, 0) is 31.7 Å². The fraction of sp³-hybridized carbons (Fsp3) is 0.647. The number of hydrogen-bond acceptors (Lipinski definition) is 5. The van der Waals surface area contributed by atoms with Gasteiger partial charge in [0.2, 0.25) is 0 Å². The van der Waals surface area contributed by atoms with Gasteiger partial charge in [0, 0.05) is 25.7 Å². The highest BCUT2D eigenvalue weighted by Crippen LogP contribution is 2.39. The highest BCUT2D eigenvalue weighted by atomic mass is 16.5. The van der Waals surface area contributed by atoms with Gasteiger partial charge in [-0.1, -0.05) is 6.92 Å². The molecule has 2 aliphatic heterocycles. The molecule has 2 saturated heterocycles. The van der Waals surface area contributed by atoms with E-state index in [1.807, 2.05) is 12.3 Å². The number of aromatic amines is 1. The number of hydrogen-bond donors (Lipinski definition) is 2. The zero-order valence-corrected chi connectivity index (χ0v) is 13.5. The molecule has 0 aromatic carbocycles. The van der Waals surface area contributed by atoms with Crippen molar-refractivity contribution in [2.45, 2.75) is 56.8 Å². The van der Waals surface area contributed by atoms with E-state index < -0.39 is 0 Å². The maximum Gasteiger partial charge on any atom is 0.142 e. The summed E-state index contributed by atoms with van der Waals surface area (Å²) in [5, 5.41) is 11.3. The zero-order chi connectivity index (χ0) is 15.9. The molecule has 124 valence electrons. The largest absolute Gasteiger partial charge is 0.393 e. The number of aromatic nitrogens is 3. The molecular formula is C17H24N4O2. The molecule has 2 N–H and O–H groups in total. The van der Waals surface area contributed by atoms with E-state index >= 15 is 0 Å². The minimum absolute atomic E-state index is 0.154. The number of aliphatic hydroxyl groups excluding tert-OH is 1. The molecule has 2 aromatic rings. The summed E-state index contributed by atoms with van der Waals surface area (Å²) >= 11 is 0. The summed E-state index contributed by atoms with van der Waals surface area (Å²) < 4.78 is 6.37. The summed E-state index contributed by atoms with van der Waals surface area (Å²) in [6.45, 7) is 3.94. The Morgan fingerprint density at radius 1 is 1.39 bits per heavy atom. The monoisotopic (exact) mass is 316 g/mol. The van der Waals surface area contributed by atoms with Crippen molar-refractivity contribution in [3.63, 3.8) is 0 Å². The second kappa shape index (κ2) is 5.76. The number of ether oxygens (including phenoxy) is 1. The third-order valence-electron chi connectivity index (χ3n) is 5.32. The molecule has 6 nitrogen and oxygen atoms in total. The fourth-order valence-electron chi connectivity index (χ4n) is 4.07. The first kappa shape index (κ1) is 14.9. The Balaban J connectivity index is 1.52. The van der Waals surface area contributed by atoms with Gasteiger partial charge >= 0.3 is 0 Å². The van der Waals surface area contributed by atoms with Crippen LogP contribution in [0.2, 0.25) is 0 Å². The van der Waals surface area contributed by atoms with Crippen molar-refractivity contribution in [3.05, 3.63) is 18.6 Å². The molecule has 2 fully saturated rings. The van der Waals surface area contributed by atoms with Gasteiger partial charge in [0.05, 0.1) is 23.2 Å². The topological polar surface area (TPSA) is 74.3 Å². The quantitative estimate of drug-likeness (QED) is 0.889. The lowest BCUT2D eigenvalue weighted by Crippen LogP contribution is -2.53. The molecule has 2 aromatic heterocycles. The Kier molecular flexibility index (Phi) is 3.73. The van der Waals surface area contributed by atoms with Crippen molar-refractivity contribution < 1.29 is 9.84 Å². The van der Waals surface area contributed by atoms with Gasteiger partial charge in [-0.3, -0.25) is 0 Å². The molecule has 23 heavy (non-hydrogen) atoms. The van der Waals surface area contributed by atoms with Gasteiger partial charge in [-0.2, -0.15) is 0 Å². The average molecular weight is 316 g/mol. The van der Waals surface area contributed by atoms with Crippen molar-refractivity contribution in [2.24, 2.45) is 0 Å². The molecule has 4 rings (SSSR count). The molecule has 0 bridgehead atoms. The minimum Gasteiger partial charge on any atom is -0.393 e. The molecule has 6 heteroatoms. The number of nitrogens with one attached hydrogen (secondary N) is 1. The van der Waals surface area contributed by atoms with E-state index in [4.69, 9.17) is 4.74 Å². The highest BCUT2D eigenvalue weighted by molar-refractivity contribution is 5.87. The van der Waals surface area contributed by atoms with Crippen LogP contribution in [0.3, 0.4) is 0 Å². The Bertz CT molecular complexity index is 678. The van der Waals surface area contributed by atoms with Crippen molar-refractivity contribution >= 4 is 16.9 Å². The summed E-state index contributed by atoms with van der Waals surface area (Å²) in [4.78, 5) is 14.2. The first-order chi connectivity index (χ1) is 11.2. The smallest absolute Gasteiger partial charge is 0.142 e. The predicted octanol–water partition coefficient (Wildman–Crippen LogP) is 2.25. The fourth-order valence-corrected chi connectivity index (χ4v) is 4.07. The molecule has 0 unspecified atom stereocenters. The number of piperidine rings is 1. The number of nitrogens with zero attached hydrogens (tertiary/aromatic N) is 3. The van der Waals surface area contributed by atoms with E-state index in [9.17, 15) is 5.11 Å². The molecule has 0 radical (unpaired) electrons. The molecule has 1 spiro atoms. The van der Waals surface area contributed by atoms with Crippen LogP contribution in [0.4, 0.5) is 5.82 Å². The summed E-state index contributed by atoms with van der Waals surface area (Å²) in [6.07, 6.45) is 7.88. The SMILES string of the molecule is CC[C@H]1C[C@@H](O)CC2(CCN(c3ncnc4[nH]ccc34)CC2)O1. The minimum atomic E-state index is -0.226. The lowest BCUT2D eigenvalue weighted by Gasteiger charge is -2.48. The second-order valence-electron chi connectivity index (χ2n) is 6.85. The lowest BCUT2D eigenvalue weighted by molar-refractivity contribution is -0.171. The first-order valence-corrected chi connectivity index (χ1v) is 8.58. The van der Waals surface area contributed by atoms with E-state index in [1.54, 1.807) is 6.33 Å². The van der Waals surface area contributed by atoms with Crippen molar-refractivity contribution in [1.29, 1.82) is 0 Å². The number of aliphatic hydroxyl groups is 1. The Morgan fingerprint density at radius 3 is 3.00 bits per heavy atom. The number of rotatable bonds is 2. The standard InChI is InChI=1S/C17H24N4O2/c1-2-13-9-12(22)10-17(23-13)4-7-21(8-5-17)16-14-3-6-18-15(14)19-11-20-16/h3,6,11-13,22H,2,4-5,7-10H2,1H3,(H,18,19,20)/t12-,13+/m1/s1. The molecule has 4 heterocycles. The van der Waals surface area contributed by atoms with Crippen molar-refractivity contribution in [3.8, 4) is 0 Å². The van der Waals surface area contributed by atoms with E-state index in [1.165, 1.54) is 0 Å². The van der Waals surface area contributed by atoms with Crippen LogP contribution in [0.5, 0.6) is 0 Å². The predicted molar refractivity (Wildman–Crippen MR) is 88.5 cm³/mol. The van der Waals surface area contributed by atoms with Gasteiger partial charge < -0.3 is 19.7 Å². The zero-order valence-electron chi connectivity index (χ0n) is 13.5. The van der Waals surface area contributed by atoms with E-state index in [-0.39, 0.29) is 17.8 Å². The van der Waals surface area contributed by atoms with Crippen LogP contribution < -0.4 is 4.90 Å². The molecule has 2 aliphatic rings. The maximum atomic E-state index is 10.2. The normalized spacial score (nSPS) is 27.7. The summed E-state index contributed by atoms with van der Waals surface area (Å²) in [5.74, 6) is 0.995. The van der Waals surface area contributed by atoms with Crippen molar-refractivity contribution in [2.75, 3.05) is 18.0 Å². The van der Waals surface area contributed by atoms with Gasteiger partial charge in [0.15, 0.2) is 0 Å². The highest BCUT2D eigenvalue weighted by Gasteiger charge is 2.43.